The second-order valence-corrected chi connectivity index (χ2v) is 6.01. The number of hydrogen-bond donors (Lipinski definition) is 1. The summed E-state index contributed by atoms with van der Waals surface area (Å²) in [5.41, 5.74) is 5.93. The highest BCUT2D eigenvalue weighted by Crippen LogP contribution is 2.30. The smallest absolute Gasteiger partial charge is 0.0486 e. The number of nitrogens with zero attached hydrogens (tertiary/aromatic N) is 2. The number of fused-ring (bicyclic) bond motifs is 2. The molecule has 1 N–H and O–H groups in total. The minimum absolute atomic E-state index is 1.04. The van der Waals surface area contributed by atoms with Crippen LogP contribution in [0.25, 0.3) is 10.9 Å². The summed E-state index contributed by atoms with van der Waals surface area (Å²) in [7, 11) is 4.23. The van der Waals surface area contributed by atoms with Crippen LogP contribution in [0.5, 0.6) is 0 Å². The minimum Gasteiger partial charge on any atom is -0.347 e. The van der Waals surface area contributed by atoms with Crippen LogP contribution in [0, 0.1) is 0 Å². The number of aryl methyl sites for hydroxylation is 1. The van der Waals surface area contributed by atoms with Crippen molar-refractivity contribution < 1.29 is 0 Å². The van der Waals surface area contributed by atoms with Crippen molar-refractivity contribution in [3.63, 3.8) is 0 Å². The molecule has 108 valence electrons. The van der Waals surface area contributed by atoms with Crippen molar-refractivity contribution in [2.45, 2.75) is 39.4 Å². The minimum atomic E-state index is 1.04. The maximum atomic E-state index is 3.26. The topological polar surface area (TPSA) is 20.2 Å². The van der Waals surface area contributed by atoms with E-state index in [0.29, 0.717) is 0 Å². The van der Waals surface area contributed by atoms with Gasteiger partial charge in [-0.15, -0.1) is 0 Å². The van der Waals surface area contributed by atoms with E-state index in [1.54, 1.807) is 0 Å². The largest absolute Gasteiger partial charge is 0.347 e. The first-order valence-electron chi connectivity index (χ1n) is 7.69. The predicted octanol–water partition coefficient (Wildman–Crippen LogP) is 2.76. The van der Waals surface area contributed by atoms with Gasteiger partial charge >= 0.3 is 0 Å². The summed E-state index contributed by atoms with van der Waals surface area (Å²) in [4.78, 5) is 2.39. The van der Waals surface area contributed by atoms with Gasteiger partial charge in [0.1, 0.15) is 0 Å². The molecule has 0 spiro atoms. The SMILES string of the molecule is CCCn1cc(CCNC)c2cc3c(cc21)CN(C)C3. The Kier molecular flexibility index (Phi) is 3.81. The highest BCUT2D eigenvalue weighted by atomic mass is 15.1. The van der Waals surface area contributed by atoms with Gasteiger partial charge in [0.25, 0.3) is 0 Å². The number of rotatable bonds is 5. The summed E-state index contributed by atoms with van der Waals surface area (Å²) in [5.74, 6) is 0. The van der Waals surface area contributed by atoms with Gasteiger partial charge in [-0.25, -0.2) is 0 Å². The van der Waals surface area contributed by atoms with Crippen molar-refractivity contribution >= 4 is 10.9 Å². The molecule has 2 aromatic rings. The van der Waals surface area contributed by atoms with Crippen LogP contribution in [0.3, 0.4) is 0 Å². The molecule has 1 aliphatic rings. The van der Waals surface area contributed by atoms with E-state index >= 15 is 0 Å². The fourth-order valence-electron chi connectivity index (χ4n) is 3.32. The molecule has 20 heavy (non-hydrogen) atoms. The van der Waals surface area contributed by atoms with Crippen LogP contribution in [0.15, 0.2) is 18.3 Å². The number of aromatic nitrogens is 1. The van der Waals surface area contributed by atoms with Crippen LogP contribution in [-0.4, -0.2) is 30.1 Å². The zero-order chi connectivity index (χ0) is 14.1. The van der Waals surface area contributed by atoms with Crippen LogP contribution in [0.2, 0.25) is 0 Å². The Balaban J connectivity index is 2.08. The van der Waals surface area contributed by atoms with Gasteiger partial charge in [0.2, 0.25) is 0 Å². The zero-order valence-electron chi connectivity index (χ0n) is 12.9. The van der Waals surface area contributed by atoms with Crippen molar-refractivity contribution in [2.75, 3.05) is 20.6 Å². The first-order chi connectivity index (χ1) is 9.72. The lowest BCUT2D eigenvalue weighted by Gasteiger charge is -2.05. The van der Waals surface area contributed by atoms with Gasteiger partial charge in [-0.2, -0.15) is 0 Å². The van der Waals surface area contributed by atoms with Gasteiger partial charge in [0, 0.05) is 36.7 Å². The molecule has 2 heterocycles. The normalized spacial score (nSPS) is 15.2. The molecule has 3 nitrogen and oxygen atoms in total. The van der Waals surface area contributed by atoms with Crippen molar-refractivity contribution in [1.29, 1.82) is 0 Å². The van der Waals surface area contributed by atoms with Gasteiger partial charge in [0.15, 0.2) is 0 Å². The second kappa shape index (κ2) is 5.58. The Bertz CT molecular complexity index is 612. The van der Waals surface area contributed by atoms with E-state index < -0.39 is 0 Å². The van der Waals surface area contributed by atoms with Gasteiger partial charge in [-0.1, -0.05) is 6.92 Å². The van der Waals surface area contributed by atoms with Crippen molar-refractivity contribution in [1.82, 2.24) is 14.8 Å². The molecule has 0 fully saturated rings. The molecule has 3 rings (SSSR count). The van der Waals surface area contributed by atoms with Crippen LogP contribution in [0.1, 0.15) is 30.0 Å². The maximum Gasteiger partial charge on any atom is 0.0486 e. The Hall–Kier alpha value is -1.32. The molecule has 1 aromatic heterocycles. The van der Waals surface area contributed by atoms with E-state index in [4.69, 9.17) is 0 Å². The molecule has 0 bridgehead atoms. The standard InChI is InChI=1S/C17H25N3/c1-4-7-20-12-13(5-6-18-2)16-8-14-10-19(3)11-15(14)9-17(16)20/h8-9,12,18H,4-7,10-11H2,1-3H3. The summed E-state index contributed by atoms with van der Waals surface area (Å²) in [6.45, 7) is 6.59. The van der Waals surface area contributed by atoms with E-state index in [1.807, 2.05) is 7.05 Å². The molecule has 0 saturated carbocycles. The van der Waals surface area contributed by atoms with E-state index in [9.17, 15) is 0 Å². The Labute approximate surface area is 121 Å². The average Bonchev–Trinajstić information content (AvgIpc) is 2.94. The Morgan fingerprint density at radius 2 is 1.95 bits per heavy atom. The molecule has 0 radical (unpaired) electrons. The molecule has 0 saturated heterocycles. The lowest BCUT2D eigenvalue weighted by Crippen LogP contribution is -2.10. The molecule has 0 atom stereocenters. The summed E-state index contributed by atoms with van der Waals surface area (Å²) in [5, 5.41) is 4.72. The highest BCUT2D eigenvalue weighted by Gasteiger charge is 2.18. The lowest BCUT2D eigenvalue weighted by atomic mass is 10.0. The number of hydrogen-bond acceptors (Lipinski definition) is 2. The molecule has 0 unspecified atom stereocenters. The zero-order valence-corrected chi connectivity index (χ0v) is 12.9. The predicted molar refractivity (Wildman–Crippen MR) is 85.0 cm³/mol. The molecule has 0 aliphatic carbocycles. The van der Waals surface area contributed by atoms with Crippen molar-refractivity contribution in [3.05, 3.63) is 35.0 Å². The third-order valence-electron chi connectivity index (χ3n) is 4.27. The third-order valence-corrected chi connectivity index (χ3v) is 4.27. The first kappa shape index (κ1) is 13.7. The first-order valence-corrected chi connectivity index (χ1v) is 7.69. The van der Waals surface area contributed by atoms with Gasteiger partial charge < -0.3 is 9.88 Å². The summed E-state index contributed by atoms with van der Waals surface area (Å²) in [6, 6.07) is 4.86. The number of benzene rings is 1. The van der Waals surface area contributed by atoms with E-state index in [0.717, 1.165) is 32.6 Å². The monoisotopic (exact) mass is 271 g/mol. The van der Waals surface area contributed by atoms with E-state index in [1.165, 1.54) is 34.0 Å². The third kappa shape index (κ3) is 2.36. The highest BCUT2D eigenvalue weighted by molar-refractivity contribution is 5.86. The lowest BCUT2D eigenvalue weighted by molar-refractivity contribution is 0.353. The Morgan fingerprint density at radius 3 is 2.65 bits per heavy atom. The van der Waals surface area contributed by atoms with Gasteiger partial charge in [-0.3, -0.25) is 4.90 Å². The van der Waals surface area contributed by atoms with Crippen molar-refractivity contribution in [2.24, 2.45) is 0 Å². The maximum absolute atomic E-state index is 3.26. The van der Waals surface area contributed by atoms with Gasteiger partial charge in [0.05, 0.1) is 0 Å². The molecule has 0 amide bonds. The molecule has 1 aromatic carbocycles. The summed E-state index contributed by atoms with van der Waals surface area (Å²) < 4.78 is 2.44. The molecule has 1 aliphatic heterocycles. The molecule has 3 heteroatoms. The van der Waals surface area contributed by atoms with Crippen LogP contribution in [0.4, 0.5) is 0 Å². The average molecular weight is 271 g/mol. The molecular weight excluding hydrogens is 246 g/mol. The van der Waals surface area contributed by atoms with E-state index in [-0.39, 0.29) is 0 Å². The Morgan fingerprint density at radius 1 is 1.20 bits per heavy atom. The number of nitrogens with one attached hydrogen (secondary N) is 1. The van der Waals surface area contributed by atoms with Crippen molar-refractivity contribution in [3.8, 4) is 0 Å². The quantitative estimate of drug-likeness (QED) is 0.902. The second-order valence-electron chi connectivity index (χ2n) is 6.01. The summed E-state index contributed by atoms with van der Waals surface area (Å²) >= 11 is 0. The van der Waals surface area contributed by atoms with Crippen LogP contribution in [-0.2, 0) is 26.1 Å². The van der Waals surface area contributed by atoms with E-state index in [2.05, 4.69) is 47.1 Å². The fraction of sp³-hybridized carbons (Fsp3) is 0.529. The van der Waals surface area contributed by atoms with Crippen LogP contribution < -0.4 is 5.32 Å². The van der Waals surface area contributed by atoms with Crippen LogP contribution >= 0.6 is 0 Å². The molecular formula is C17H25N3. The fourth-order valence-corrected chi connectivity index (χ4v) is 3.32. The van der Waals surface area contributed by atoms with Gasteiger partial charge in [-0.05, 0) is 62.3 Å². The number of likely N-dealkylation sites (N-methyl/N-ethyl adjacent to an activating group) is 1. The summed E-state index contributed by atoms with van der Waals surface area (Å²) in [6.07, 6.45) is 4.66.